The molecule has 0 saturated carbocycles. The Morgan fingerprint density at radius 2 is 2.32 bits per heavy atom. The van der Waals surface area contributed by atoms with E-state index in [4.69, 9.17) is 4.74 Å². The molecule has 1 aromatic carbocycles. The van der Waals surface area contributed by atoms with Crippen molar-refractivity contribution < 1.29 is 4.74 Å². The molecule has 2 aromatic rings. The minimum Gasteiger partial charge on any atom is -0.497 e. The monoisotopic (exact) mass is 340 g/mol. The Hall–Kier alpha value is -0.910. The quantitative estimate of drug-likeness (QED) is 0.868. The Kier molecular flexibility index (Phi) is 5.36. The first-order valence-corrected chi connectivity index (χ1v) is 7.87. The molecule has 2 rings (SSSR count). The van der Waals surface area contributed by atoms with Gasteiger partial charge in [0.25, 0.3) is 0 Å². The van der Waals surface area contributed by atoms with Crippen molar-refractivity contribution in [1.29, 1.82) is 0 Å². The van der Waals surface area contributed by atoms with E-state index >= 15 is 0 Å². The highest BCUT2D eigenvalue weighted by Gasteiger charge is 2.16. The summed E-state index contributed by atoms with van der Waals surface area (Å²) in [6, 6.07) is 6.30. The lowest BCUT2D eigenvalue weighted by molar-refractivity contribution is 0.412. The van der Waals surface area contributed by atoms with Gasteiger partial charge in [-0.25, -0.2) is 4.98 Å². The Morgan fingerprint density at radius 3 is 2.95 bits per heavy atom. The van der Waals surface area contributed by atoms with Crippen LogP contribution in [0.2, 0.25) is 0 Å². The number of benzene rings is 1. The SMILES string of the molecule is CCNC(Cc1nccs1)c1cc(OC)ccc1Br. The lowest BCUT2D eigenvalue weighted by atomic mass is 10.0. The molecule has 0 aliphatic carbocycles. The van der Waals surface area contributed by atoms with E-state index in [9.17, 15) is 0 Å². The van der Waals surface area contributed by atoms with Crippen LogP contribution in [-0.4, -0.2) is 18.6 Å². The molecule has 3 nitrogen and oxygen atoms in total. The third kappa shape index (κ3) is 3.78. The third-order valence-corrected chi connectivity index (χ3v) is 4.42. The average molecular weight is 341 g/mol. The average Bonchev–Trinajstić information content (AvgIpc) is 2.92. The number of methoxy groups -OCH3 is 1. The highest BCUT2D eigenvalue weighted by Crippen LogP contribution is 2.30. The zero-order valence-corrected chi connectivity index (χ0v) is 13.4. The summed E-state index contributed by atoms with van der Waals surface area (Å²) >= 11 is 5.31. The molecule has 0 radical (unpaired) electrons. The van der Waals surface area contributed by atoms with Gasteiger partial charge in [-0.05, 0) is 30.3 Å². The molecular weight excluding hydrogens is 324 g/mol. The maximum atomic E-state index is 5.31. The topological polar surface area (TPSA) is 34.2 Å². The van der Waals surface area contributed by atoms with Gasteiger partial charge in [-0.2, -0.15) is 0 Å². The summed E-state index contributed by atoms with van der Waals surface area (Å²) in [4.78, 5) is 4.37. The van der Waals surface area contributed by atoms with Crippen molar-refractivity contribution in [1.82, 2.24) is 10.3 Å². The van der Waals surface area contributed by atoms with Crippen molar-refractivity contribution in [3.63, 3.8) is 0 Å². The van der Waals surface area contributed by atoms with Gasteiger partial charge in [0, 0.05) is 28.5 Å². The van der Waals surface area contributed by atoms with Crippen LogP contribution in [0.5, 0.6) is 5.75 Å². The molecule has 1 N–H and O–H groups in total. The normalized spacial score (nSPS) is 12.4. The number of hydrogen-bond acceptors (Lipinski definition) is 4. The second kappa shape index (κ2) is 7.03. The fraction of sp³-hybridized carbons (Fsp3) is 0.357. The summed E-state index contributed by atoms with van der Waals surface area (Å²) in [6.07, 6.45) is 2.74. The van der Waals surface area contributed by atoms with Gasteiger partial charge in [-0.1, -0.05) is 22.9 Å². The number of hydrogen-bond donors (Lipinski definition) is 1. The molecule has 0 aliphatic rings. The molecule has 1 heterocycles. The largest absolute Gasteiger partial charge is 0.497 e. The second-order valence-electron chi connectivity index (χ2n) is 4.13. The Balaban J connectivity index is 2.27. The summed E-state index contributed by atoms with van der Waals surface area (Å²) < 4.78 is 6.41. The number of halogens is 1. The first-order valence-electron chi connectivity index (χ1n) is 6.19. The van der Waals surface area contributed by atoms with E-state index in [1.165, 1.54) is 5.56 Å². The van der Waals surface area contributed by atoms with Gasteiger partial charge in [-0.15, -0.1) is 11.3 Å². The molecular formula is C14H17BrN2OS. The Labute approximate surface area is 126 Å². The minimum absolute atomic E-state index is 0.237. The Morgan fingerprint density at radius 1 is 1.47 bits per heavy atom. The van der Waals surface area contributed by atoms with Crippen molar-refractivity contribution in [3.05, 3.63) is 44.8 Å². The lowest BCUT2D eigenvalue weighted by Crippen LogP contribution is -2.23. The van der Waals surface area contributed by atoms with Crippen LogP contribution < -0.4 is 10.1 Å². The standard InChI is InChI=1S/C14H17BrN2OS/c1-3-16-13(9-14-17-6-7-19-14)11-8-10(18-2)4-5-12(11)15/h4-8,13,16H,3,9H2,1-2H3. The number of aromatic nitrogens is 1. The molecule has 0 bridgehead atoms. The van der Waals surface area contributed by atoms with Crippen LogP contribution in [0.3, 0.4) is 0 Å². The van der Waals surface area contributed by atoms with Crippen molar-refractivity contribution in [3.8, 4) is 5.75 Å². The van der Waals surface area contributed by atoms with Gasteiger partial charge in [-0.3, -0.25) is 0 Å². The van der Waals surface area contributed by atoms with Gasteiger partial charge < -0.3 is 10.1 Å². The van der Waals surface area contributed by atoms with Gasteiger partial charge >= 0.3 is 0 Å². The van der Waals surface area contributed by atoms with Crippen LogP contribution in [0.25, 0.3) is 0 Å². The minimum atomic E-state index is 0.237. The molecule has 1 unspecified atom stereocenters. The third-order valence-electron chi connectivity index (χ3n) is 2.89. The van der Waals surface area contributed by atoms with Crippen molar-refractivity contribution in [2.75, 3.05) is 13.7 Å². The number of ether oxygens (including phenoxy) is 1. The van der Waals surface area contributed by atoms with Crippen LogP contribution in [0.15, 0.2) is 34.2 Å². The molecule has 5 heteroatoms. The summed E-state index contributed by atoms with van der Waals surface area (Å²) in [5, 5.41) is 6.66. The number of nitrogens with one attached hydrogen (secondary N) is 1. The Bertz CT molecular complexity index is 516. The van der Waals surface area contributed by atoms with Crippen LogP contribution >= 0.6 is 27.3 Å². The van der Waals surface area contributed by atoms with E-state index in [0.717, 1.165) is 28.2 Å². The summed E-state index contributed by atoms with van der Waals surface area (Å²) in [5.74, 6) is 0.875. The maximum absolute atomic E-state index is 5.31. The second-order valence-corrected chi connectivity index (χ2v) is 5.96. The van der Waals surface area contributed by atoms with Gasteiger partial charge in [0.2, 0.25) is 0 Å². The van der Waals surface area contributed by atoms with Gasteiger partial charge in [0.15, 0.2) is 0 Å². The highest BCUT2D eigenvalue weighted by molar-refractivity contribution is 9.10. The molecule has 0 fully saturated rings. The van der Waals surface area contributed by atoms with Crippen LogP contribution in [0, 0.1) is 0 Å². The number of thiazole rings is 1. The molecule has 0 amide bonds. The zero-order valence-electron chi connectivity index (χ0n) is 11.0. The summed E-state index contributed by atoms with van der Waals surface area (Å²) in [7, 11) is 1.69. The van der Waals surface area contributed by atoms with E-state index in [1.807, 2.05) is 23.7 Å². The molecule has 0 aliphatic heterocycles. The molecule has 1 aromatic heterocycles. The lowest BCUT2D eigenvalue weighted by Gasteiger charge is -2.19. The predicted octanol–water partition coefficient (Wildman–Crippen LogP) is 3.81. The maximum Gasteiger partial charge on any atom is 0.119 e. The van der Waals surface area contributed by atoms with Crippen LogP contribution in [0.4, 0.5) is 0 Å². The van der Waals surface area contributed by atoms with E-state index in [1.54, 1.807) is 18.4 Å². The predicted molar refractivity (Wildman–Crippen MR) is 82.9 cm³/mol. The first kappa shape index (κ1) is 14.5. The van der Waals surface area contributed by atoms with Crippen molar-refractivity contribution in [2.45, 2.75) is 19.4 Å². The molecule has 19 heavy (non-hydrogen) atoms. The van der Waals surface area contributed by atoms with E-state index in [2.05, 4.69) is 39.2 Å². The smallest absolute Gasteiger partial charge is 0.119 e. The molecule has 1 atom stereocenters. The van der Waals surface area contributed by atoms with Crippen LogP contribution in [0.1, 0.15) is 23.5 Å². The van der Waals surface area contributed by atoms with Crippen LogP contribution in [-0.2, 0) is 6.42 Å². The summed E-state index contributed by atoms with van der Waals surface area (Å²) in [6.45, 7) is 3.03. The zero-order chi connectivity index (χ0) is 13.7. The summed E-state index contributed by atoms with van der Waals surface area (Å²) in [5.41, 5.74) is 1.21. The number of rotatable bonds is 6. The molecule has 0 spiro atoms. The fourth-order valence-corrected chi connectivity index (χ4v) is 3.17. The van der Waals surface area contributed by atoms with E-state index in [0.29, 0.717) is 0 Å². The first-order chi connectivity index (χ1) is 9.24. The highest BCUT2D eigenvalue weighted by atomic mass is 79.9. The molecule has 102 valence electrons. The number of nitrogens with zero attached hydrogens (tertiary/aromatic N) is 1. The number of likely N-dealkylation sites (N-methyl/N-ethyl adjacent to an activating group) is 1. The van der Waals surface area contributed by atoms with Crippen molar-refractivity contribution >= 4 is 27.3 Å². The van der Waals surface area contributed by atoms with E-state index < -0.39 is 0 Å². The van der Waals surface area contributed by atoms with Crippen molar-refractivity contribution in [2.24, 2.45) is 0 Å². The van der Waals surface area contributed by atoms with Gasteiger partial charge in [0.1, 0.15) is 5.75 Å². The molecule has 0 saturated heterocycles. The van der Waals surface area contributed by atoms with E-state index in [-0.39, 0.29) is 6.04 Å². The fourth-order valence-electron chi connectivity index (χ4n) is 1.98. The van der Waals surface area contributed by atoms with Gasteiger partial charge in [0.05, 0.1) is 12.1 Å².